The van der Waals surface area contributed by atoms with E-state index in [-0.39, 0.29) is 0 Å². The minimum Gasteiger partial charge on any atom is -0.362 e. The Morgan fingerprint density at radius 2 is 2.10 bits per heavy atom. The van der Waals surface area contributed by atoms with Gasteiger partial charge in [0.1, 0.15) is 5.82 Å². The molecule has 2 heterocycles. The largest absolute Gasteiger partial charge is 0.362 e. The molecule has 2 aromatic rings. The number of nitrogens with one attached hydrogen (secondary N) is 1. The van der Waals surface area contributed by atoms with Crippen LogP contribution in [0.25, 0.3) is 0 Å². The molecule has 0 fully saturated rings. The van der Waals surface area contributed by atoms with Crippen LogP contribution in [0.5, 0.6) is 0 Å². The Kier molecular flexibility index (Phi) is 4.25. The molecule has 3 rings (SSSR count). The summed E-state index contributed by atoms with van der Waals surface area (Å²) >= 11 is 0. The fraction of sp³-hybridized carbons (Fsp3) is 0.471. The van der Waals surface area contributed by atoms with Crippen LogP contribution in [0.1, 0.15) is 25.2 Å². The first-order chi connectivity index (χ1) is 10.2. The van der Waals surface area contributed by atoms with E-state index in [1.807, 2.05) is 6.20 Å². The van der Waals surface area contributed by atoms with Crippen molar-refractivity contribution >= 4 is 5.69 Å². The van der Waals surface area contributed by atoms with E-state index < -0.39 is 0 Å². The lowest BCUT2D eigenvalue weighted by atomic mass is 10.1. The first-order valence-corrected chi connectivity index (χ1v) is 7.77. The summed E-state index contributed by atoms with van der Waals surface area (Å²) in [6.45, 7) is 9.42. The molecule has 112 valence electrons. The SMILES string of the molecule is CC(C)CNCc1ccccc1N1CCn2ccnc2C1. The minimum absolute atomic E-state index is 0.680. The smallest absolute Gasteiger partial charge is 0.128 e. The fourth-order valence-corrected chi connectivity index (χ4v) is 2.84. The second-order valence-corrected chi connectivity index (χ2v) is 6.11. The summed E-state index contributed by atoms with van der Waals surface area (Å²) in [5.74, 6) is 1.84. The van der Waals surface area contributed by atoms with Gasteiger partial charge in [-0.15, -0.1) is 0 Å². The van der Waals surface area contributed by atoms with Gasteiger partial charge < -0.3 is 14.8 Å². The molecule has 0 atom stereocenters. The second-order valence-electron chi connectivity index (χ2n) is 6.11. The molecule has 1 aromatic carbocycles. The topological polar surface area (TPSA) is 33.1 Å². The van der Waals surface area contributed by atoms with Crippen LogP contribution in [-0.4, -0.2) is 22.6 Å². The third-order valence-corrected chi connectivity index (χ3v) is 3.95. The number of aromatic nitrogens is 2. The highest BCUT2D eigenvalue weighted by Gasteiger charge is 2.18. The van der Waals surface area contributed by atoms with Gasteiger partial charge in [0.2, 0.25) is 0 Å². The number of rotatable bonds is 5. The number of imidazole rings is 1. The first-order valence-electron chi connectivity index (χ1n) is 7.77. The molecule has 4 heteroatoms. The van der Waals surface area contributed by atoms with E-state index in [2.05, 4.69) is 64.1 Å². The number of para-hydroxylation sites is 1. The lowest BCUT2D eigenvalue weighted by Gasteiger charge is -2.31. The van der Waals surface area contributed by atoms with E-state index in [0.29, 0.717) is 5.92 Å². The molecule has 0 radical (unpaired) electrons. The molecule has 0 spiro atoms. The van der Waals surface area contributed by atoms with Gasteiger partial charge in [-0.3, -0.25) is 0 Å². The Morgan fingerprint density at radius 3 is 2.95 bits per heavy atom. The zero-order valence-electron chi connectivity index (χ0n) is 12.9. The van der Waals surface area contributed by atoms with E-state index in [0.717, 1.165) is 38.5 Å². The Labute approximate surface area is 126 Å². The molecular weight excluding hydrogens is 260 g/mol. The van der Waals surface area contributed by atoms with Crippen LogP contribution in [0.4, 0.5) is 5.69 Å². The van der Waals surface area contributed by atoms with Gasteiger partial charge >= 0.3 is 0 Å². The van der Waals surface area contributed by atoms with Crippen LogP contribution in [0, 0.1) is 5.92 Å². The van der Waals surface area contributed by atoms with Crippen molar-refractivity contribution in [2.75, 3.05) is 18.0 Å². The number of nitrogens with zero attached hydrogens (tertiary/aromatic N) is 3. The molecule has 0 amide bonds. The minimum atomic E-state index is 0.680. The van der Waals surface area contributed by atoms with E-state index in [4.69, 9.17) is 0 Å². The summed E-state index contributed by atoms with van der Waals surface area (Å²) in [5.41, 5.74) is 2.71. The third-order valence-electron chi connectivity index (χ3n) is 3.95. The molecule has 1 N–H and O–H groups in total. The van der Waals surface area contributed by atoms with Crippen LogP contribution in [0.3, 0.4) is 0 Å². The van der Waals surface area contributed by atoms with Gasteiger partial charge in [0, 0.05) is 37.7 Å². The first kappa shape index (κ1) is 14.1. The predicted octanol–water partition coefficient (Wildman–Crippen LogP) is 2.65. The van der Waals surface area contributed by atoms with Gasteiger partial charge in [-0.2, -0.15) is 0 Å². The van der Waals surface area contributed by atoms with Crippen LogP contribution in [0.15, 0.2) is 36.7 Å². The summed E-state index contributed by atoms with van der Waals surface area (Å²) in [7, 11) is 0. The molecule has 0 bridgehead atoms. The number of benzene rings is 1. The number of hydrogen-bond acceptors (Lipinski definition) is 3. The summed E-state index contributed by atoms with van der Waals surface area (Å²) < 4.78 is 2.25. The Bertz CT molecular complexity index is 588. The van der Waals surface area contributed by atoms with Crippen molar-refractivity contribution in [3.8, 4) is 0 Å². The monoisotopic (exact) mass is 284 g/mol. The molecular formula is C17H24N4. The normalized spacial score (nSPS) is 14.5. The molecule has 0 saturated heterocycles. The zero-order valence-corrected chi connectivity index (χ0v) is 12.9. The number of anilines is 1. The maximum atomic E-state index is 4.45. The molecule has 1 aromatic heterocycles. The van der Waals surface area contributed by atoms with Crippen molar-refractivity contribution in [3.63, 3.8) is 0 Å². The van der Waals surface area contributed by atoms with Crippen molar-refractivity contribution in [2.24, 2.45) is 5.92 Å². The molecule has 1 aliphatic rings. The van der Waals surface area contributed by atoms with Gasteiger partial charge in [0.25, 0.3) is 0 Å². The molecule has 21 heavy (non-hydrogen) atoms. The van der Waals surface area contributed by atoms with Crippen molar-refractivity contribution in [1.29, 1.82) is 0 Å². The molecule has 0 unspecified atom stereocenters. The van der Waals surface area contributed by atoms with Crippen LogP contribution in [-0.2, 0) is 19.6 Å². The zero-order chi connectivity index (χ0) is 14.7. The molecule has 0 saturated carbocycles. The molecule has 4 nitrogen and oxygen atoms in total. The summed E-state index contributed by atoms with van der Waals surface area (Å²) in [4.78, 5) is 6.89. The van der Waals surface area contributed by atoms with Crippen LogP contribution < -0.4 is 10.2 Å². The highest BCUT2D eigenvalue weighted by Crippen LogP contribution is 2.24. The highest BCUT2D eigenvalue weighted by molar-refractivity contribution is 5.54. The Hall–Kier alpha value is -1.81. The van der Waals surface area contributed by atoms with Gasteiger partial charge in [-0.1, -0.05) is 32.0 Å². The van der Waals surface area contributed by atoms with Crippen molar-refractivity contribution in [3.05, 3.63) is 48.0 Å². The van der Waals surface area contributed by atoms with Crippen molar-refractivity contribution in [2.45, 2.75) is 33.5 Å². The standard InChI is InChI=1S/C17H24N4/c1-14(2)11-18-12-15-5-3-4-6-16(15)21-10-9-20-8-7-19-17(20)13-21/h3-8,14,18H,9-13H2,1-2H3. The average molecular weight is 284 g/mol. The molecule has 0 aliphatic carbocycles. The van der Waals surface area contributed by atoms with Gasteiger partial charge in [-0.25, -0.2) is 4.98 Å². The highest BCUT2D eigenvalue weighted by atomic mass is 15.2. The lowest BCUT2D eigenvalue weighted by molar-refractivity contribution is 0.544. The summed E-state index contributed by atoms with van der Waals surface area (Å²) in [6.07, 6.45) is 3.97. The predicted molar refractivity (Wildman–Crippen MR) is 86.3 cm³/mol. The number of fused-ring (bicyclic) bond motifs is 1. The Morgan fingerprint density at radius 1 is 1.24 bits per heavy atom. The fourth-order valence-electron chi connectivity index (χ4n) is 2.84. The van der Waals surface area contributed by atoms with Gasteiger partial charge in [0.05, 0.1) is 6.54 Å². The summed E-state index contributed by atoms with van der Waals surface area (Å²) in [5, 5.41) is 3.55. The van der Waals surface area contributed by atoms with Crippen LogP contribution in [0.2, 0.25) is 0 Å². The number of hydrogen-bond donors (Lipinski definition) is 1. The maximum Gasteiger partial charge on any atom is 0.128 e. The van der Waals surface area contributed by atoms with Crippen molar-refractivity contribution in [1.82, 2.24) is 14.9 Å². The second kappa shape index (κ2) is 6.31. The third kappa shape index (κ3) is 3.27. The molecule has 1 aliphatic heterocycles. The average Bonchev–Trinajstić information content (AvgIpc) is 2.95. The van der Waals surface area contributed by atoms with E-state index in [1.54, 1.807) is 0 Å². The Balaban J connectivity index is 1.73. The van der Waals surface area contributed by atoms with E-state index in [9.17, 15) is 0 Å². The summed E-state index contributed by atoms with van der Waals surface area (Å²) in [6, 6.07) is 8.71. The maximum absolute atomic E-state index is 4.45. The van der Waals surface area contributed by atoms with Gasteiger partial charge in [-0.05, 0) is 24.1 Å². The van der Waals surface area contributed by atoms with Crippen LogP contribution >= 0.6 is 0 Å². The van der Waals surface area contributed by atoms with Gasteiger partial charge in [0.15, 0.2) is 0 Å². The van der Waals surface area contributed by atoms with E-state index >= 15 is 0 Å². The van der Waals surface area contributed by atoms with Crippen molar-refractivity contribution < 1.29 is 0 Å². The quantitative estimate of drug-likeness (QED) is 0.916. The lowest BCUT2D eigenvalue weighted by Crippen LogP contribution is -2.34. The van der Waals surface area contributed by atoms with E-state index in [1.165, 1.54) is 11.3 Å².